The lowest BCUT2D eigenvalue weighted by atomic mass is 10.0. The van der Waals surface area contributed by atoms with Gasteiger partial charge in [-0.05, 0) is 98.6 Å². The van der Waals surface area contributed by atoms with Gasteiger partial charge in [0.1, 0.15) is 29.3 Å². The fraction of sp³-hybridized carbons (Fsp3) is 0.380. The van der Waals surface area contributed by atoms with Crippen LogP contribution >= 0.6 is 0 Å². The first-order valence-electron chi connectivity index (χ1n) is 28.4. The largest absolute Gasteiger partial charge is 0.497 e. The maximum absolute atomic E-state index is 15.1. The van der Waals surface area contributed by atoms with Crippen LogP contribution in [0.2, 0.25) is 10.1 Å². The van der Waals surface area contributed by atoms with Gasteiger partial charge < -0.3 is 38.0 Å². The Bertz CT molecular complexity index is 2850. The Morgan fingerprint density at radius 1 is 0.518 bits per heavy atom. The number of methoxy groups -OCH3 is 2. The molecule has 0 saturated heterocycles. The quantitative estimate of drug-likeness (QED) is 0.0240. The normalized spacial score (nSPS) is 14.6. The van der Waals surface area contributed by atoms with Gasteiger partial charge in [-0.15, -0.1) is 0 Å². The highest BCUT2D eigenvalue weighted by molar-refractivity contribution is 7.00. The molecule has 0 saturated carbocycles. The summed E-state index contributed by atoms with van der Waals surface area (Å²) in [7, 11) is -2.28. The topological polar surface area (TPSA) is 95.8 Å². The number of benzene rings is 6. The number of aliphatic hydroxyl groups excluding tert-OH is 2. The summed E-state index contributed by atoms with van der Waals surface area (Å²) in [5.74, 6) is 5.23. The molecule has 6 aromatic carbocycles. The van der Waals surface area contributed by atoms with Crippen molar-refractivity contribution in [2.45, 2.75) is 137 Å². The summed E-state index contributed by atoms with van der Waals surface area (Å²) < 4.78 is 65.9. The van der Waals surface area contributed by atoms with E-state index in [4.69, 9.17) is 27.8 Å². The highest BCUT2D eigenvalue weighted by Gasteiger charge is 2.52. The van der Waals surface area contributed by atoms with Crippen molar-refractivity contribution in [2.24, 2.45) is 11.8 Å². The van der Waals surface area contributed by atoms with Crippen molar-refractivity contribution >= 4 is 37.4 Å². The number of hydrogen-bond acceptors (Lipinski definition) is 8. The maximum Gasteiger partial charge on any atom is 0.261 e. The Hall–Kier alpha value is -6.25. The SMILES string of the molecule is C.COc1ccc(COCC/C=C\C(O)/C(F)=C\[C@H](C)[C@H](C)O[Si](c2ccccc2)(c2ccccc2)C(C)(C)C)cc1.COc1ccc(COCCC#CC(O)/C(F)=C\[C@H](C)[C@H](C)O[Si](c2ccccc2)(c2ccccc2)C(C)(C)C)cc1. The van der Waals surface area contributed by atoms with E-state index in [1.165, 1.54) is 39.0 Å². The zero-order chi connectivity index (χ0) is 59.8. The average Bonchev–Trinajstić information content (AvgIpc) is 3.65. The Morgan fingerprint density at radius 3 is 1.22 bits per heavy atom. The van der Waals surface area contributed by atoms with Gasteiger partial charge in [0.15, 0.2) is 6.10 Å². The number of halogens is 2. The molecule has 6 rings (SSSR count). The van der Waals surface area contributed by atoms with Gasteiger partial charge in [0, 0.05) is 30.5 Å². The summed E-state index contributed by atoms with van der Waals surface area (Å²) in [4.78, 5) is 0. The number of rotatable bonds is 26. The van der Waals surface area contributed by atoms with E-state index in [-0.39, 0.29) is 41.5 Å². The van der Waals surface area contributed by atoms with Gasteiger partial charge in [0.05, 0.1) is 40.6 Å². The van der Waals surface area contributed by atoms with Crippen molar-refractivity contribution < 1.29 is 46.8 Å². The van der Waals surface area contributed by atoms with Crippen LogP contribution in [0.5, 0.6) is 11.5 Å². The summed E-state index contributed by atoms with van der Waals surface area (Å²) in [5.41, 5.74) is 2.07. The molecular weight excluding hydrogens is 1070 g/mol. The molecule has 0 aliphatic heterocycles. The minimum atomic E-state index is -2.78. The van der Waals surface area contributed by atoms with E-state index >= 15 is 8.78 Å². The van der Waals surface area contributed by atoms with Gasteiger partial charge in [-0.2, -0.15) is 0 Å². The Labute approximate surface area is 498 Å². The Balaban J connectivity index is 0.000000352. The molecule has 0 heterocycles. The number of ether oxygens (including phenoxy) is 4. The smallest absolute Gasteiger partial charge is 0.261 e. The first kappa shape index (κ1) is 69.2. The average molecular weight is 1170 g/mol. The van der Waals surface area contributed by atoms with Crippen molar-refractivity contribution in [3.63, 3.8) is 0 Å². The third-order valence-electron chi connectivity index (χ3n) is 14.6. The molecule has 2 unspecified atom stereocenters. The fourth-order valence-electron chi connectivity index (χ4n) is 9.77. The molecule has 83 heavy (non-hydrogen) atoms. The van der Waals surface area contributed by atoms with Crippen LogP contribution in [0, 0.1) is 23.7 Å². The van der Waals surface area contributed by atoms with Gasteiger partial charge in [-0.25, -0.2) is 8.78 Å². The van der Waals surface area contributed by atoms with Gasteiger partial charge in [-0.3, -0.25) is 0 Å². The molecule has 2 N–H and O–H groups in total. The van der Waals surface area contributed by atoms with Crippen LogP contribution in [0.3, 0.4) is 0 Å². The van der Waals surface area contributed by atoms with E-state index in [0.29, 0.717) is 39.3 Å². The first-order valence-corrected chi connectivity index (χ1v) is 32.2. The third kappa shape index (κ3) is 19.9. The van der Waals surface area contributed by atoms with Crippen molar-refractivity contribution in [3.05, 3.63) is 217 Å². The molecule has 6 aromatic rings. The highest BCUT2D eigenvalue weighted by atomic mass is 28.4. The van der Waals surface area contributed by atoms with Crippen molar-refractivity contribution in [2.75, 3.05) is 27.4 Å². The first-order chi connectivity index (χ1) is 39.2. The van der Waals surface area contributed by atoms with Gasteiger partial charge in [0.2, 0.25) is 0 Å². The fourth-order valence-corrected chi connectivity index (χ4v) is 19.3. The molecule has 0 fully saturated rings. The Kier molecular flexibility index (Phi) is 28.3. The summed E-state index contributed by atoms with van der Waals surface area (Å²) in [6.07, 6.45) is 3.72. The second-order valence-corrected chi connectivity index (χ2v) is 31.2. The Morgan fingerprint density at radius 2 is 0.867 bits per heavy atom. The molecule has 0 aliphatic rings. The molecule has 446 valence electrons. The van der Waals surface area contributed by atoms with E-state index in [0.717, 1.165) is 22.6 Å². The molecule has 8 nitrogen and oxygen atoms in total. The van der Waals surface area contributed by atoms with Crippen LogP contribution in [0.15, 0.2) is 206 Å². The molecule has 0 radical (unpaired) electrons. The zero-order valence-electron chi connectivity index (χ0n) is 50.3. The van der Waals surface area contributed by atoms with E-state index < -0.39 is 40.5 Å². The second kappa shape index (κ2) is 33.9. The van der Waals surface area contributed by atoms with Crippen LogP contribution in [0.1, 0.15) is 101 Å². The predicted molar refractivity (Wildman–Crippen MR) is 343 cm³/mol. The van der Waals surface area contributed by atoms with Crippen molar-refractivity contribution in [1.82, 2.24) is 0 Å². The molecule has 0 bridgehead atoms. The lowest BCUT2D eigenvalue weighted by Crippen LogP contribution is -2.67. The summed E-state index contributed by atoms with van der Waals surface area (Å²) in [6.45, 7) is 22.9. The minimum Gasteiger partial charge on any atom is -0.497 e. The van der Waals surface area contributed by atoms with Crippen molar-refractivity contribution in [1.29, 1.82) is 0 Å². The van der Waals surface area contributed by atoms with Crippen LogP contribution in [0.4, 0.5) is 8.78 Å². The van der Waals surface area contributed by atoms with Gasteiger partial charge >= 0.3 is 0 Å². The second-order valence-electron chi connectivity index (χ2n) is 22.7. The summed E-state index contributed by atoms with van der Waals surface area (Å²) in [5, 5.41) is 25.1. The molecule has 0 aromatic heterocycles. The van der Waals surface area contributed by atoms with E-state index in [9.17, 15) is 10.2 Å². The molecular formula is C71H92F2O8Si2. The predicted octanol–water partition coefficient (Wildman–Crippen LogP) is 14.0. The standard InChI is InChI=1S/C35H45FO4Si.C35H43FO4Si.CH4/c2*1-27(25-33(36)34(37)19-13-14-24-39-26-29-20-22-30(38-6)23-21-29)28(2)40-41(35(3,4)5,31-15-9-7-10-16-31)32-17-11-8-12-18-32;/h7-13,15-23,25,27-28,34,37H,14,24,26H2,1-6H3;7-12,15-18,20-23,25,27-28,34,37H,14,24,26H2,1-6H3;1H4/b19-13-,33-25+;33-25+;/t2*27-,28-,34?;/m00./s1. The van der Waals surface area contributed by atoms with Crippen LogP contribution in [-0.4, -0.2) is 78.7 Å². The number of aliphatic hydroxyl groups is 2. The summed E-state index contributed by atoms with van der Waals surface area (Å²) >= 11 is 0. The minimum absolute atomic E-state index is 0. The molecule has 0 aliphatic carbocycles. The number of hydrogen-bond donors (Lipinski definition) is 2. The summed E-state index contributed by atoms with van der Waals surface area (Å²) in [6, 6.07) is 56.9. The van der Waals surface area contributed by atoms with Crippen molar-refractivity contribution in [3.8, 4) is 23.3 Å². The molecule has 0 amide bonds. The van der Waals surface area contributed by atoms with Crippen LogP contribution < -0.4 is 30.2 Å². The lowest BCUT2D eigenvalue weighted by molar-refractivity contribution is 0.125. The van der Waals surface area contributed by atoms with E-state index in [1.807, 2.05) is 125 Å². The maximum atomic E-state index is 15.1. The monoisotopic (exact) mass is 1170 g/mol. The van der Waals surface area contributed by atoms with Gasteiger partial charge in [-0.1, -0.05) is 232 Å². The molecule has 0 spiro atoms. The lowest BCUT2D eigenvalue weighted by Gasteiger charge is -2.45. The zero-order valence-corrected chi connectivity index (χ0v) is 52.3. The van der Waals surface area contributed by atoms with Crippen LogP contribution in [-0.2, 0) is 31.5 Å². The van der Waals surface area contributed by atoms with Gasteiger partial charge in [0.25, 0.3) is 16.6 Å². The third-order valence-corrected chi connectivity index (χ3v) is 24.9. The van der Waals surface area contributed by atoms with E-state index in [2.05, 4.69) is 126 Å². The highest BCUT2D eigenvalue weighted by Crippen LogP contribution is 2.40. The molecule has 6 atom stereocenters. The van der Waals surface area contributed by atoms with E-state index in [1.54, 1.807) is 20.3 Å². The van der Waals surface area contributed by atoms with Crippen LogP contribution in [0.25, 0.3) is 0 Å². The molecule has 12 heteroatoms.